The highest BCUT2D eigenvalue weighted by molar-refractivity contribution is 6.23. The first-order chi connectivity index (χ1) is 35.2. The van der Waals surface area contributed by atoms with Gasteiger partial charge >= 0.3 is 0 Å². The topological polar surface area (TPSA) is 52.6 Å². The third-order valence-corrected chi connectivity index (χ3v) is 17.0. The van der Waals surface area contributed by atoms with Crippen LogP contribution in [-0.4, -0.2) is 0 Å². The average molecular weight is 923 g/mol. The van der Waals surface area contributed by atoms with Gasteiger partial charge in [0.25, 0.3) is 0 Å². The Morgan fingerprint density at radius 3 is 1.11 bits per heavy atom. The van der Waals surface area contributed by atoms with E-state index in [-0.39, 0.29) is 10.8 Å². The Balaban J connectivity index is 0.891. The van der Waals surface area contributed by atoms with Crippen LogP contribution in [0.4, 0.5) is 0 Å². The first kappa shape index (κ1) is 38.9. The van der Waals surface area contributed by atoms with Gasteiger partial charge in [0.05, 0.1) is 0 Å². The fourth-order valence-electron chi connectivity index (χ4n) is 13.5. The summed E-state index contributed by atoms with van der Waals surface area (Å²) in [6.45, 7) is 9.63. The van der Waals surface area contributed by atoms with Gasteiger partial charge in [0.1, 0.15) is 44.7 Å². The molecule has 0 radical (unpaired) electrons. The maximum absolute atomic E-state index is 7.03. The second-order valence-electron chi connectivity index (χ2n) is 21.4. The van der Waals surface area contributed by atoms with Crippen LogP contribution in [0.25, 0.3) is 154 Å². The van der Waals surface area contributed by atoms with E-state index in [1.807, 2.05) is 0 Å². The third-order valence-electron chi connectivity index (χ3n) is 17.0. The molecule has 0 N–H and O–H groups in total. The molecule has 0 amide bonds. The van der Waals surface area contributed by atoms with Gasteiger partial charge < -0.3 is 17.7 Å². The molecule has 0 saturated heterocycles. The summed E-state index contributed by atoms with van der Waals surface area (Å²) in [6.07, 6.45) is 0. The zero-order valence-corrected chi connectivity index (χ0v) is 40.0. The maximum Gasteiger partial charge on any atom is 0.143 e. The highest BCUT2D eigenvalue weighted by atomic mass is 16.3. The van der Waals surface area contributed by atoms with Gasteiger partial charge in [0.15, 0.2) is 0 Å². The van der Waals surface area contributed by atoms with E-state index >= 15 is 0 Å². The van der Waals surface area contributed by atoms with Crippen LogP contribution in [0.15, 0.2) is 200 Å². The number of hydrogen-bond acceptors (Lipinski definition) is 4. The molecule has 72 heavy (non-hydrogen) atoms. The van der Waals surface area contributed by atoms with Crippen LogP contribution in [0.3, 0.4) is 0 Å². The normalized spacial score (nSPS) is 14.6. The molecule has 0 aliphatic heterocycles. The molecule has 0 fully saturated rings. The molecule has 15 aromatic rings. The van der Waals surface area contributed by atoms with E-state index in [9.17, 15) is 0 Å². The highest BCUT2D eigenvalue weighted by Gasteiger charge is 2.45. The predicted octanol–water partition coefficient (Wildman–Crippen LogP) is 19.5. The Morgan fingerprint density at radius 1 is 0.278 bits per heavy atom. The molecular formula is C68H42O4. The lowest BCUT2D eigenvalue weighted by atomic mass is 9.79. The number of rotatable bonds is 2. The molecule has 4 aromatic heterocycles. The SMILES string of the molecule is CC1(C)c2cc3c(cc2-c2c1cc(-c1ccc4oc5c6ccccc6ccc5c4c1)c1oc4ccccc4c21)C(C)(C)c1cc(-c2ccc4oc5c6ccccc6ccc5c4c2)c2oc4ccccc4c2c1-3. The summed E-state index contributed by atoms with van der Waals surface area (Å²) in [5.41, 5.74) is 21.2. The Morgan fingerprint density at radius 2 is 0.653 bits per heavy atom. The van der Waals surface area contributed by atoms with E-state index in [4.69, 9.17) is 17.7 Å². The smallest absolute Gasteiger partial charge is 0.143 e. The molecule has 338 valence electrons. The number of furan rings is 4. The lowest BCUT2D eigenvalue weighted by Gasteiger charge is -2.24. The second kappa shape index (κ2) is 13.1. The average Bonchev–Trinajstić information content (AvgIpc) is 4.25. The molecule has 0 atom stereocenters. The summed E-state index contributed by atoms with van der Waals surface area (Å²) in [6, 6.07) is 66.1. The molecule has 17 rings (SSSR count). The molecule has 11 aromatic carbocycles. The van der Waals surface area contributed by atoms with Crippen molar-refractivity contribution < 1.29 is 17.7 Å². The van der Waals surface area contributed by atoms with E-state index in [0.717, 1.165) is 110 Å². The quantitative estimate of drug-likeness (QED) is 0.173. The van der Waals surface area contributed by atoms with Gasteiger partial charge in [-0.05, 0) is 139 Å². The van der Waals surface area contributed by atoms with Crippen molar-refractivity contribution in [3.8, 4) is 44.5 Å². The van der Waals surface area contributed by atoms with Crippen LogP contribution < -0.4 is 0 Å². The first-order valence-corrected chi connectivity index (χ1v) is 25.0. The van der Waals surface area contributed by atoms with Crippen LogP contribution >= 0.6 is 0 Å². The molecule has 4 heteroatoms. The van der Waals surface area contributed by atoms with E-state index in [0.29, 0.717) is 0 Å². The third kappa shape index (κ3) is 4.78. The lowest BCUT2D eigenvalue weighted by Crippen LogP contribution is -2.17. The minimum Gasteiger partial charge on any atom is -0.455 e. The second-order valence-corrected chi connectivity index (χ2v) is 21.4. The van der Waals surface area contributed by atoms with Crippen LogP contribution in [-0.2, 0) is 10.8 Å². The summed E-state index contributed by atoms with van der Waals surface area (Å²) in [4.78, 5) is 0. The zero-order valence-electron chi connectivity index (χ0n) is 40.0. The van der Waals surface area contributed by atoms with Crippen molar-refractivity contribution in [1.29, 1.82) is 0 Å². The largest absolute Gasteiger partial charge is 0.455 e. The minimum absolute atomic E-state index is 0.342. The van der Waals surface area contributed by atoms with Crippen molar-refractivity contribution in [2.45, 2.75) is 38.5 Å². The molecule has 0 unspecified atom stereocenters. The van der Waals surface area contributed by atoms with Gasteiger partial charge in [0.2, 0.25) is 0 Å². The van der Waals surface area contributed by atoms with Crippen molar-refractivity contribution in [3.63, 3.8) is 0 Å². The van der Waals surface area contributed by atoms with Crippen molar-refractivity contribution >= 4 is 109 Å². The highest BCUT2D eigenvalue weighted by Crippen LogP contribution is 2.61. The maximum atomic E-state index is 7.03. The summed E-state index contributed by atoms with van der Waals surface area (Å²) < 4.78 is 27.3. The Hall–Kier alpha value is -8.86. The number of para-hydroxylation sites is 2. The number of benzene rings is 11. The van der Waals surface area contributed by atoms with Crippen LogP contribution in [0.5, 0.6) is 0 Å². The molecule has 2 aliphatic rings. The molecule has 0 saturated carbocycles. The minimum atomic E-state index is -0.342. The van der Waals surface area contributed by atoms with E-state index in [2.05, 4.69) is 210 Å². The molecule has 4 heterocycles. The van der Waals surface area contributed by atoms with E-state index in [1.165, 1.54) is 66.1 Å². The summed E-state index contributed by atoms with van der Waals surface area (Å²) in [5.74, 6) is 0. The van der Waals surface area contributed by atoms with Crippen molar-refractivity contribution in [2.24, 2.45) is 0 Å². The monoisotopic (exact) mass is 922 g/mol. The molecular weight excluding hydrogens is 881 g/mol. The van der Waals surface area contributed by atoms with Crippen molar-refractivity contribution in [1.82, 2.24) is 0 Å². The molecule has 0 bridgehead atoms. The lowest BCUT2D eigenvalue weighted by molar-refractivity contribution is 0.650. The predicted molar refractivity (Wildman–Crippen MR) is 297 cm³/mol. The van der Waals surface area contributed by atoms with Gasteiger partial charge in [0, 0.05) is 75.8 Å². The van der Waals surface area contributed by atoms with Gasteiger partial charge in [-0.2, -0.15) is 0 Å². The number of hydrogen-bond donors (Lipinski definition) is 0. The van der Waals surface area contributed by atoms with Crippen LogP contribution in [0.2, 0.25) is 0 Å². The van der Waals surface area contributed by atoms with Crippen molar-refractivity contribution in [2.75, 3.05) is 0 Å². The molecule has 0 spiro atoms. The van der Waals surface area contributed by atoms with Crippen LogP contribution in [0.1, 0.15) is 49.9 Å². The Kier molecular flexibility index (Phi) is 7.08. The van der Waals surface area contributed by atoms with Gasteiger partial charge in [-0.1, -0.05) is 137 Å². The Labute approximate surface area is 412 Å². The van der Waals surface area contributed by atoms with Gasteiger partial charge in [-0.3, -0.25) is 0 Å². The van der Waals surface area contributed by atoms with E-state index < -0.39 is 0 Å². The number of fused-ring (bicyclic) bond motifs is 24. The standard InChI is InChI=1S/C68H42O4/c1-67(2)51-33-50-52(34-49(51)59-53(67)31-45(65-61(59)43-17-9-11-19-55(43)71-65)37-23-27-57-47(29-37)41-25-21-35-13-5-7-15-39(35)63(41)69-57)68(3,4)54-32-46(66-62(60(50)54)44-18-10-12-20-56(44)72-66)38-24-28-58-48(30-38)42-26-22-36-14-6-8-16-40(36)64(42)70-58/h5-34H,1-4H3. The van der Waals surface area contributed by atoms with Crippen LogP contribution in [0, 0.1) is 0 Å². The first-order valence-electron chi connectivity index (χ1n) is 25.0. The van der Waals surface area contributed by atoms with Crippen molar-refractivity contribution in [3.05, 3.63) is 204 Å². The summed E-state index contributed by atoms with van der Waals surface area (Å²) >= 11 is 0. The fourth-order valence-corrected chi connectivity index (χ4v) is 13.5. The van der Waals surface area contributed by atoms with Gasteiger partial charge in [-0.15, -0.1) is 0 Å². The zero-order chi connectivity index (χ0) is 47.5. The molecule has 2 aliphatic carbocycles. The Bertz CT molecular complexity index is 4670. The summed E-state index contributed by atoms with van der Waals surface area (Å²) in [5, 5.41) is 13.6. The molecule has 4 nitrogen and oxygen atoms in total. The van der Waals surface area contributed by atoms with Gasteiger partial charge in [-0.25, -0.2) is 0 Å². The van der Waals surface area contributed by atoms with E-state index in [1.54, 1.807) is 0 Å². The fraction of sp³-hybridized carbons (Fsp3) is 0.0882. The summed E-state index contributed by atoms with van der Waals surface area (Å²) in [7, 11) is 0.